The Balaban J connectivity index is 1.64. The molecule has 1 aromatic heterocycles. The van der Waals surface area contributed by atoms with Crippen molar-refractivity contribution in [3.63, 3.8) is 0 Å². The Kier molecular flexibility index (Phi) is 4.89. The van der Waals surface area contributed by atoms with Gasteiger partial charge < -0.3 is 4.74 Å². The fraction of sp³-hybridized carbons (Fsp3) is 0.400. The second-order valence-corrected chi connectivity index (χ2v) is 9.50. The van der Waals surface area contributed by atoms with Gasteiger partial charge in [-0.3, -0.25) is 14.5 Å². The normalized spacial score (nSPS) is 30.2. The number of carbonyl (C=O) groups excluding carboxylic acids is 2. The van der Waals surface area contributed by atoms with E-state index in [1.54, 1.807) is 23.1 Å². The predicted molar refractivity (Wildman–Crippen MR) is 119 cm³/mol. The molecule has 0 saturated heterocycles. The summed E-state index contributed by atoms with van der Waals surface area (Å²) >= 11 is 6.11. The summed E-state index contributed by atoms with van der Waals surface area (Å²) in [5.74, 6) is 1.13. The largest absolute Gasteiger partial charge is 0.483 e. The lowest BCUT2D eigenvalue weighted by Gasteiger charge is -2.40. The van der Waals surface area contributed by atoms with Crippen LogP contribution in [-0.4, -0.2) is 22.8 Å². The van der Waals surface area contributed by atoms with E-state index in [0.29, 0.717) is 28.2 Å². The van der Waals surface area contributed by atoms with Crippen LogP contribution in [0, 0.1) is 24.7 Å². The van der Waals surface area contributed by atoms with Gasteiger partial charge in [0.05, 0.1) is 17.5 Å². The van der Waals surface area contributed by atoms with Crippen molar-refractivity contribution in [3.05, 3.63) is 70.1 Å². The summed E-state index contributed by atoms with van der Waals surface area (Å²) in [5.41, 5.74) is 2.07. The molecule has 0 spiro atoms. The van der Waals surface area contributed by atoms with Crippen LogP contribution in [0.2, 0.25) is 5.02 Å². The van der Waals surface area contributed by atoms with Crippen molar-refractivity contribution in [1.82, 2.24) is 4.98 Å². The van der Waals surface area contributed by atoms with Crippen molar-refractivity contribution < 1.29 is 14.3 Å². The number of Topliss-reactive ketones (excluding diaryl/α,β-unsaturated/α-hetero) is 1. The average Bonchev–Trinajstić information content (AvgIpc) is 3.03. The second kappa shape index (κ2) is 7.49. The number of hydrogen-bond acceptors (Lipinski definition) is 4. The maximum Gasteiger partial charge on any atom is 0.295 e. The lowest BCUT2D eigenvalue weighted by Crippen LogP contribution is -2.43. The standard InChI is InChI=1S/C25H25ClN2O3/c1-13-11-18-19(12-14(13)2)31-24-21(23(18)29)22(16-7-9-17(26)10-8-16)28(25(24)30)20-6-4-5-15(3)27-20/h4-10,13-14,18-19,22H,11-12H2,1-3H3. The minimum atomic E-state index is -0.572. The van der Waals surface area contributed by atoms with Crippen LogP contribution in [0.1, 0.15) is 44.0 Å². The SMILES string of the molecule is Cc1cccc(N2C(=O)C3=C(C(=O)C4CC(C)C(C)CC4O3)C2c2ccc(Cl)cc2)n1. The number of amides is 1. The Labute approximate surface area is 187 Å². The van der Waals surface area contributed by atoms with E-state index in [2.05, 4.69) is 18.8 Å². The third-order valence-corrected chi connectivity index (χ3v) is 7.27. The number of ketones is 1. The van der Waals surface area contributed by atoms with Crippen LogP contribution >= 0.6 is 11.6 Å². The zero-order valence-corrected chi connectivity index (χ0v) is 18.6. The van der Waals surface area contributed by atoms with Gasteiger partial charge >= 0.3 is 0 Å². The highest BCUT2D eigenvalue weighted by atomic mass is 35.5. The monoisotopic (exact) mass is 436 g/mol. The number of pyridine rings is 1. The summed E-state index contributed by atoms with van der Waals surface area (Å²) in [6.45, 7) is 6.26. The van der Waals surface area contributed by atoms with Crippen LogP contribution in [0.3, 0.4) is 0 Å². The van der Waals surface area contributed by atoms with E-state index < -0.39 is 6.04 Å². The molecule has 1 saturated carbocycles. The van der Waals surface area contributed by atoms with Crippen LogP contribution < -0.4 is 4.90 Å². The van der Waals surface area contributed by atoms with E-state index in [-0.39, 0.29) is 29.5 Å². The molecule has 1 aromatic carbocycles. The van der Waals surface area contributed by atoms with Gasteiger partial charge in [-0.25, -0.2) is 4.98 Å². The first-order valence-electron chi connectivity index (χ1n) is 10.8. The van der Waals surface area contributed by atoms with Crippen molar-refractivity contribution in [3.8, 4) is 0 Å². The highest BCUT2D eigenvalue weighted by Crippen LogP contribution is 2.49. The Morgan fingerprint density at radius 3 is 2.45 bits per heavy atom. The number of carbonyl (C=O) groups is 2. The van der Waals surface area contributed by atoms with Gasteiger partial charge in [0.1, 0.15) is 11.9 Å². The third kappa shape index (κ3) is 3.26. The first kappa shape index (κ1) is 20.3. The zero-order valence-electron chi connectivity index (χ0n) is 17.8. The summed E-state index contributed by atoms with van der Waals surface area (Å²) in [7, 11) is 0. The lowest BCUT2D eigenvalue weighted by atomic mass is 9.70. The van der Waals surface area contributed by atoms with Gasteiger partial charge in [0.15, 0.2) is 11.5 Å². The summed E-state index contributed by atoms with van der Waals surface area (Å²) in [5, 5.41) is 0.601. The molecule has 5 rings (SSSR count). The van der Waals surface area contributed by atoms with E-state index in [0.717, 1.165) is 24.1 Å². The number of ether oxygens (including phenoxy) is 1. The van der Waals surface area contributed by atoms with Crippen LogP contribution in [-0.2, 0) is 14.3 Å². The number of aryl methyl sites for hydroxylation is 1. The third-order valence-electron chi connectivity index (χ3n) is 7.02. The molecule has 1 aliphatic carbocycles. The molecule has 0 radical (unpaired) electrons. The molecular weight excluding hydrogens is 412 g/mol. The van der Waals surface area contributed by atoms with Crippen molar-refractivity contribution >= 4 is 29.1 Å². The Morgan fingerprint density at radius 1 is 1.03 bits per heavy atom. The lowest BCUT2D eigenvalue weighted by molar-refractivity contribution is -0.134. The molecule has 0 N–H and O–H groups in total. The second-order valence-electron chi connectivity index (χ2n) is 9.06. The van der Waals surface area contributed by atoms with Gasteiger partial charge in [-0.05, 0) is 61.4 Å². The molecule has 31 heavy (non-hydrogen) atoms. The molecule has 3 heterocycles. The van der Waals surface area contributed by atoms with Crippen LogP contribution in [0.5, 0.6) is 0 Å². The van der Waals surface area contributed by atoms with Crippen LogP contribution in [0.25, 0.3) is 0 Å². The van der Waals surface area contributed by atoms with Gasteiger partial charge in [-0.2, -0.15) is 0 Å². The maximum absolute atomic E-state index is 13.8. The molecule has 0 bridgehead atoms. The van der Waals surface area contributed by atoms with Crippen LogP contribution in [0.4, 0.5) is 5.82 Å². The first-order valence-corrected chi connectivity index (χ1v) is 11.2. The van der Waals surface area contributed by atoms with E-state index in [9.17, 15) is 9.59 Å². The van der Waals surface area contributed by atoms with E-state index in [1.807, 2.05) is 31.2 Å². The molecule has 2 aromatic rings. The highest BCUT2D eigenvalue weighted by Gasteiger charge is 2.54. The Bertz CT molecular complexity index is 1090. The molecule has 6 heteroatoms. The average molecular weight is 437 g/mol. The fourth-order valence-corrected chi connectivity index (χ4v) is 5.25. The molecule has 1 amide bonds. The number of fused-ring (bicyclic) bond motifs is 1. The summed E-state index contributed by atoms with van der Waals surface area (Å²) in [4.78, 5) is 33.5. The number of hydrogen-bond donors (Lipinski definition) is 0. The molecule has 5 nitrogen and oxygen atoms in total. The van der Waals surface area contributed by atoms with Crippen LogP contribution in [0.15, 0.2) is 53.8 Å². The van der Waals surface area contributed by atoms with Gasteiger partial charge in [0.25, 0.3) is 5.91 Å². The van der Waals surface area contributed by atoms with E-state index in [1.165, 1.54) is 0 Å². The van der Waals surface area contributed by atoms with E-state index >= 15 is 0 Å². The smallest absolute Gasteiger partial charge is 0.295 e. The predicted octanol–water partition coefficient (Wildman–Crippen LogP) is 5.04. The number of nitrogens with zero attached hydrogens (tertiary/aromatic N) is 2. The number of rotatable bonds is 2. The molecule has 5 unspecified atom stereocenters. The zero-order chi connectivity index (χ0) is 21.9. The first-order chi connectivity index (χ1) is 14.8. The molecule has 160 valence electrons. The van der Waals surface area contributed by atoms with Crippen molar-refractivity contribution in [2.24, 2.45) is 17.8 Å². The molecule has 1 fully saturated rings. The van der Waals surface area contributed by atoms with Gasteiger partial charge in [-0.1, -0.05) is 43.6 Å². The summed E-state index contributed by atoms with van der Waals surface area (Å²) < 4.78 is 6.29. The maximum atomic E-state index is 13.8. The summed E-state index contributed by atoms with van der Waals surface area (Å²) in [6.07, 6.45) is 1.33. The number of halogens is 1. The fourth-order valence-electron chi connectivity index (χ4n) is 5.12. The molecule has 5 atom stereocenters. The minimum Gasteiger partial charge on any atom is -0.483 e. The Hall–Kier alpha value is -2.66. The number of benzene rings is 1. The van der Waals surface area contributed by atoms with Crippen molar-refractivity contribution in [2.45, 2.75) is 45.8 Å². The van der Waals surface area contributed by atoms with Crippen molar-refractivity contribution in [1.29, 1.82) is 0 Å². The number of anilines is 1. The molecule has 2 aliphatic heterocycles. The number of aromatic nitrogens is 1. The highest BCUT2D eigenvalue weighted by molar-refractivity contribution is 6.30. The van der Waals surface area contributed by atoms with E-state index in [4.69, 9.17) is 16.3 Å². The molecular formula is C25H25ClN2O3. The van der Waals surface area contributed by atoms with Gasteiger partial charge in [-0.15, -0.1) is 0 Å². The van der Waals surface area contributed by atoms with Gasteiger partial charge in [0.2, 0.25) is 0 Å². The Morgan fingerprint density at radius 2 is 1.74 bits per heavy atom. The minimum absolute atomic E-state index is 0.0356. The quantitative estimate of drug-likeness (QED) is 0.662. The van der Waals surface area contributed by atoms with Gasteiger partial charge in [0, 0.05) is 10.7 Å². The summed E-state index contributed by atoms with van der Waals surface area (Å²) in [6, 6.07) is 12.3. The van der Waals surface area contributed by atoms with Crippen molar-refractivity contribution in [2.75, 3.05) is 4.90 Å². The molecule has 3 aliphatic rings. The topological polar surface area (TPSA) is 59.5 Å².